The van der Waals surface area contributed by atoms with Gasteiger partial charge in [0.15, 0.2) is 0 Å². The molecule has 0 aliphatic rings. The molecule has 76 valence electrons. The molecule has 0 bridgehead atoms. The smallest absolute Gasteiger partial charge is 0.223 e. The number of amides is 1. The van der Waals surface area contributed by atoms with E-state index in [1.165, 1.54) is 6.92 Å². The second kappa shape index (κ2) is 6.60. The van der Waals surface area contributed by atoms with Crippen molar-refractivity contribution < 1.29 is 14.7 Å². The predicted octanol–water partition coefficient (Wildman–Crippen LogP) is 0.196. The van der Waals surface area contributed by atoms with Crippen LogP contribution >= 0.6 is 0 Å². The highest BCUT2D eigenvalue weighted by molar-refractivity contribution is 5.83. The Kier molecular flexibility index (Phi) is 6.14. The van der Waals surface area contributed by atoms with Gasteiger partial charge in [0.25, 0.3) is 0 Å². The number of carbonyl (C=O) groups excluding carboxylic acids is 2. The van der Waals surface area contributed by atoms with Crippen LogP contribution < -0.4 is 0 Å². The number of ketones is 1. The van der Waals surface area contributed by atoms with Crippen molar-refractivity contribution in [3.63, 3.8) is 0 Å². The summed E-state index contributed by atoms with van der Waals surface area (Å²) in [7, 11) is 0. The summed E-state index contributed by atoms with van der Waals surface area (Å²) in [6.45, 7) is 4.22. The molecule has 0 aromatic rings. The monoisotopic (exact) mass is 187 g/mol. The third kappa shape index (κ3) is 5.36. The van der Waals surface area contributed by atoms with Crippen molar-refractivity contribution in [2.45, 2.75) is 26.7 Å². The fourth-order valence-corrected chi connectivity index (χ4v) is 1.02. The van der Waals surface area contributed by atoms with Crippen LogP contribution in [-0.2, 0) is 9.59 Å². The first-order chi connectivity index (χ1) is 6.11. The van der Waals surface area contributed by atoms with Gasteiger partial charge in [0.2, 0.25) is 5.91 Å². The summed E-state index contributed by atoms with van der Waals surface area (Å²) in [6, 6.07) is 0. The maximum atomic E-state index is 11.3. The Bertz CT molecular complexity index is 180. The molecule has 0 rings (SSSR count). The first kappa shape index (κ1) is 12.1. The average Bonchev–Trinajstić information content (AvgIpc) is 2.10. The molecule has 0 spiro atoms. The van der Waals surface area contributed by atoms with E-state index in [4.69, 9.17) is 5.11 Å². The Balaban J connectivity index is 3.84. The molecule has 13 heavy (non-hydrogen) atoms. The van der Waals surface area contributed by atoms with E-state index < -0.39 is 0 Å². The van der Waals surface area contributed by atoms with E-state index in [-0.39, 0.29) is 24.7 Å². The highest BCUT2D eigenvalue weighted by Gasteiger charge is 2.10. The second-order valence-corrected chi connectivity index (χ2v) is 2.90. The van der Waals surface area contributed by atoms with Gasteiger partial charge in [-0.15, -0.1) is 0 Å². The molecule has 4 heteroatoms. The van der Waals surface area contributed by atoms with Crippen LogP contribution in [0.25, 0.3) is 0 Å². The van der Waals surface area contributed by atoms with Crippen molar-refractivity contribution >= 4 is 11.7 Å². The maximum Gasteiger partial charge on any atom is 0.223 e. The number of Topliss-reactive ketones (excluding diaryl/α,β-unsaturated/α-hetero) is 1. The number of hydrogen-bond donors (Lipinski definition) is 1. The zero-order valence-corrected chi connectivity index (χ0v) is 8.25. The Morgan fingerprint density at radius 1 is 1.31 bits per heavy atom. The zero-order valence-electron chi connectivity index (χ0n) is 8.25. The summed E-state index contributed by atoms with van der Waals surface area (Å²) in [4.78, 5) is 23.5. The van der Waals surface area contributed by atoms with Crippen molar-refractivity contribution in [1.29, 1.82) is 0 Å². The normalized spacial score (nSPS) is 9.77. The van der Waals surface area contributed by atoms with E-state index in [0.717, 1.165) is 0 Å². The molecule has 0 saturated carbocycles. The molecular weight excluding hydrogens is 170 g/mol. The van der Waals surface area contributed by atoms with Crippen molar-refractivity contribution in [2.75, 3.05) is 19.7 Å². The van der Waals surface area contributed by atoms with Crippen molar-refractivity contribution in [3.05, 3.63) is 0 Å². The molecule has 0 radical (unpaired) electrons. The molecule has 1 amide bonds. The number of rotatable bonds is 6. The van der Waals surface area contributed by atoms with E-state index >= 15 is 0 Å². The number of aliphatic hydroxyl groups excluding tert-OH is 1. The maximum absolute atomic E-state index is 11.3. The van der Waals surface area contributed by atoms with Gasteiger partial charge in [-0.3, -0.25) is 4.79 Å². The van der Waals surface area contributed by atoms with Gasteiger partial charge in [-0.1, -0.05) is 0 Å². The summed E-state index contributed by atoms with van der Waals surface area (Å²) in [6.07, 6.45) is 0.546. The number of carbonyl (C=O) groups is 2. The molecule has 0 heterocycles. The van der Waals surface area contributed by atoms with Gasteiger partial charge in [0.1, 0.15) is 5.78 Å². The summed E-state index contributed by atoms with van der Waals surface area (Å²) in [5.41, 5.74) is 0. The third-order valence-corrected chi connectivity index (χ3v) is 1.80. The van der Waals surface area contributed by atoms with Crippen LogP contribution in [0.3, 0.4) is 0 Å². The minimum Gasteiger partial charge on any atom is -0.395 e. The van der Waals surface area contributed by atoms with Crippen LogP contribution in [0, 0.1) is 0 Å². The zero-order chi connectivity index (χ0) is 10.3. The van der Waals surface area contributed by atoms with Gasteiger partial charge < -0.3 is 14.8 Å². The van der Waals surface area contributed by atoms with Crippen LogP contribution in [0.1, 0.15) is 26.7 Å². The van der Waals surface area contributed by atoms with Crippen molar-refractivity contribution in [3.8, 4) is 0 Å². The summed E-state index contributed by atoms with van der Waals surface area (Å²) < 4.78 is 0. The SMILES string of the molecule is CCN(CCO)C(=O)CCC(C)=O. The van der Waals surface area contributed by atoms with Gasteiger partial charge >= 0.3 is 0 Å². The lowest BCUT2D eigenvalue weighted by atomic mass is 10.2. The van der Waals surface area contributed by atoms with E-state index in [1.807, 2.05) is 6.92 Å². The predicted molar refractivity (Wildman–Crippen MR) is 49.3 cm³/mol. The van der Waals surface area contributed by atoms with Gasteiger partial charge in [-0.05, 0) is 13.8 Å². The molecule has 0 atom stereocenters. The van der Waals surface area contributed by atoms with Crippen molar-refractivity contribution in [2.24, 2.45) is 0 Å². The van der Waals surface area contributed by atoms with Crippen LogP contribution in [0.15, 0.2) is 0 Å². The summed E-state index contributed by atoms with van der Waals surface area (Å²) in [5, 5.41) is 8.63. The van der Waals surface area contributed by atoms with Crippen LogP contribution in [0.5, 0.6) is 0 Å². The largest absolute Gasteiger partial charge is 0.395 e. The standard InChI is InChI=1S/C9H17NO3/c1-3-10(6-7-11)9(13)5-4-8(2)12/h11H,3-7H2,1-2H3. The lowest BCUT2D eigenvalue weighted by Gasteiger charge is -2.19. The van der Waals surface area contributed by atoms with Gasteiger partial charge in [-0.2, -0.15) is 0 Å². The number of likely N-dealkylation sites (N-methyl/N-ethyl adjacent to an activating group) is 1. The van der Waals surface area contributed by atoms with E-state index in [0.29, 0.717) is 19.5 Å². The van der Waals surface area contributed by atoms with Crippen LogP contribution in [0.2, 0.25) is 0 Å². The molecule has 0 aromatic carbocycles. The first-order valence-electron chi connectivity index (χ1n) is 4.49. The molecule has 0 aromatic heterocycles. The Hall–Kier alpha value is -0.900. The highest BCUT2D eigenvalue weighted by Crippen LogP contribution is 1.98. The first-order valence-corrected chi connectivity index (χ1v) is 4.49. The molecule has 0 aliphatic carbocycles. The van der Waals surface area contributed by atoms with E-state index in [2.05, 4.69) is 0 Å². The van der Waals surface area contributed by atoms with E-state index in [1.54, 1.807) is 4.90 Å². The van der Waals surface area contributed by atoms with E-state index in [9.17, 15) is 9.59 Å². The Labute approximate surface area is 78.5 Å². The minimum atomic E-state index is -0.0632. The van der Waals surface area contributed by atoms with Gasteiger partial charge in [0.05, 0.1) is 6.61 Å². The summed E-state index contributed by atoms with van der Waals surface area (Å²) >= 11 is 0. The van der Waals surface area contributed by atoms with Gasteiger partial charge in [0, 0.05) is 25.9 Å². The fourth-order valence-electron chi connectivity index (χ4n) is 1.02. The van der Waals surface area contributed by atoms with Gasteiger partial charge in [-0.25, -0.2) is 0 Å². The lowest BCUT2D eigenvalue weighted by molar-refractivity contribution is -0.133. The number of aliphatic hydroxyl groups is 1. The molecule has 0 saturated heterocycles. The molecular formula is C9H17NO3. The highest BCUT2D eigenvalue weighted by atomic mass is 16.3. The molecule has 0 aliphatic heterocycles. The molecule has 0 fully saturated rings. The summed E-state index contributed by atoms with van der Waals surface area (Å²) in [5.74, 6) is -0.0415. The fraction of sp³-hybridized carbons (Fsp3) is 0.778. The lowest BCUT2D eigenvalue weighted by Crippen LogP contribution is -2.33. The Morgan fingerprint density at radius 2 is 1.92 bits per heavy atom. The number of nitrogens with zero attached hydrogens (tertiary/aromatic N) is 1. The Morgan fingerprint density at radius 3 is 2.31 bits per heavy atom. The molecule has 0 unspecified atom stereocenters. The minimum absolute atomic E-state index is 0.0217. The molecule has 1 N–H and O–H groups in total. The number of hydrogen-bond acceptors (Lipinski definition) is 3. The van der Waals surface area contributed by atoms with Crippen LogP contribution in [0.4, 0.5) is 0 Å². The third-order valence-electron chi connectivity index (χ3n) is 1.80. The quantitative estimate of drug-likeness (QED) is 0.646. The molecule has 4 nitrogen and oxygen atoms in total. The average molecular weight is 187 g/mol. The van der Waals surface area contributed by atoms with Crippen LogP contribution in [-0.4, -0.2) is 41.4 Å². The van der Waals surface area contributed by atoms with Crippen molar-refractivity contribution in [1.82, 2.24) is 4.90 Å². The topological polar surface area (TPSA) is 57.6 Å². The second-order valence-electron chi connectivity index (χ2n) is 2.90.